The minimum Gasteiger partial charge on any atom is -0.495 e. The fourth-order valence-corrected chi connectivity index (χ4v) is 4.63. The van der Waals surface area contributed by atoms with Gasteiger partial charge >= 0.3 is 0 Å². The molecule has 1 fully saturated rings. The second-order valence-electron chi connectivity index (χ2n) is 8.52. The summed E-state index contributed by atoms with van der Waals surface area (Å²) in [5.74, 6) is -0.684. The monoisotopic (exact) mass is 504 g/mol. The molecule has 0 unspecified atom stereocenters. The number of carbonyl (C=O) groups excluding carboxylic acids is 2. The Morgan fingerprint density at radius 3 is 2.39 bits per heavy atom. The minimum atomic E-state index is -0.594. The van der Waals surface area contributed by atoms with E-state index in [1.807, 2.05) is 32.9 Å². The van der Waals surface area contributed by atoms with Gasteiger partial charge < -0.3 is 9.30 Å². The lowest BCUT2D eigenvalue weighted by atomic mass is 10.0. The van der Waals surface area contributed by atoms with E-state index in [0.29, 0.717) is 28.4 Å². The second kappa shape index (κ2) is 9.38. The minimum absolute atomic E-state index is 0.0147. The molecular formula is C26H24N4O5S. The van der Waals surface area contributed by atoms with Gasteiger partial charge in [-0.05, 0) is 75.3 Å². The van der Waals surface area contributed by atoms with Crippen LogP contribution >= 0.6 is 12.2 Å². The zero-order valence-corrected chi connectivity index (χ0v) is 21.2. The lowest BCUT2D eigenvalue weighted by Gasteiger charge is -2.30. The zero-order valence-electron chi connectivity index (χ0n) is 20.4. The Kier molecular flexibility index (Phi) is 6.47. The van der Waals surface area contributed by atoms with E-state index in [4.69, 9.17) is 17.0 Å². The van der Waals surface area contributed by atoms with Crippen molar-refractivity contribution in [1.29, 1.82) is 0 Å². The van der Waals surface area contributed by atoms with Crippen molar-refractivity contribution >= 4 is 46.6 Å². The van der Waals surface area contributed by atoms with Gasteiger partial charge in [-0.2, -0.15) is 0 Å². The number of carbonyl (C=O) groups is 2. The summed E-state index contributed by atoms with van der Waals surface area (Å²) in [4.78, 5) is 38.5. The Bertz CT molecular complexity index is 1490. The van der Waals surface area contributed by atoms with Gasteiger partial charge in [-0.1, -0.05) is 17.7 Å². The molecule has 2 amide bonds. The number of hydrogen-bond acceptors (Lipinski definition) is 6. The van der Waals surface area contributed by atoms with Gasteiger partial charge in [0, 0.05) is 23.5 Å². The number of nitro benzene ring substituents is 1. The van der Waals surface area contributed by atoms with Crippen LogP contribution in [0.25, 0.3) is 11.8 Å². The molecule has 0 spiro atoms. The molecular weight excluding hydrogens is 480 g/mol. The first-order chi connectivity index (χ1) is 17.0. The molecule has 0 saturated carbocycles. The van der Waals surface area contributed by atoms with Gasteiger partial charge in [0.25, 0.3) is 17.5 Å². The third kappa shape index (κ3) is 4.27. The normalized spacial score (nSPS) is 14.9. The van der Waals surface area contributed by atoms with Crippen LogP contribution in [0.5, 0.6) is 5.75 Å². The number of benzene rings is 2. The number of amides is 2. The number of methoxy groups -OCH3 is 1. The Balaban J connectivity index is 1.82. The number of hydrogen-bond donors (Lipinski definition) is 1. The number of thiocarbonyl (C=S) groups is 1. The van der Waals surface area contributed by atoms with E-state index in [-0.39, 0.29) is 16.4 Å². The van der Waals surface area contributed by atoms with Gasteiger partial charge in [-0.3, -0.25) is 29.9 Å². The van der Waals surface area contributed by atoms with Crippen LogP contribution in [0.15, 0.2) is 48.0 Å². The summed E-state index contributed by atoms with van der Waals surface area (Å²) in [6, 6.07) is 11.7. The molecule has 36 heavy (non-hydrogen) atoms. The Labute approximate surface area is 213 Å². The molecule has 3 aromatic rings. The number of non-ortho nitro benzene ring substituents is 1. The topological polar surface area (TPSA) is 107 Å². The van der Waals surface area contributed by atoms with Gasteiger partial charge in [0.15, 0.2) is 5.11 Å². The predicted molar refractivity (Wildman–Crippen MR) is 141 cm³/mol. The van der Waals surface area contributed by atoms with Crippen molar-refractivity contribution in [3.05, 3.63) is 86.2 Å². The number of nitrogens with one attached hydrogen (secondary N) is 1. The quantitative estimate of drug-likeness (QED) is 0.181. The first-order valence-corrected chi connectivity index (χ1v) is 11.4. The second-order valence-corrected chi connectivity index (χ2v) is 8.91. The van der Waals surface area contributed by atoms with E-state index in [0.717, 1.165) is 16.8 Å². The number of rotatable bonds is 5. The summed E-state index contributed by atoms with van der Waals surface area (Å²) in [7, 11) is 1.48. The van der Waals surface area contributed by atoms with Crippen molar-refractivity contribution in [2.24, 2.45) is 0 Å². The van der Waals surface area contributed by atoms with Crippen LogP contribution in [-0.4, -0.2) is 33.5 Å². The third-order valence-electron chi connectivity index (χ3n) is 6.08. The number of ether oxygens (including phenoxy) is 1. The van der Waals surface area contributed by atoms with Crippen molar-refractivity contribution < 1.29 is 19.2 Å². The van der Waals surface area contributed by atoms with Gasteiger partial charge in [-0.15, -0.1) is 0 Å². The van der Waals surface area contributed by atoms with E-state index in [1.54, 1.807) is 23.6 Å². The number of nitro groups is 1. The average Bonchev–Trinajstić information content (AvgIpc) is 3.09. The highest BCUT2D eigenvalue weighted by Crippen LogP contribution is 2.33. The molecule has 1 aliphatic rings. The van der Waals surface area contributed by atoms with Crippen LogP contribution in [0.3, 0.4) is 0 Å². The highest BCUT2D eigenvalue weighted by molar-refractivity contribution is 7.80. The fraction of sp³-hybridized carbons (Fsp3) is 0.192. The summed E-state index contributed by atoms with van der Waals surface area (Å²) >= 11 is 5.32. The molecule has 1 aliphatic heterocycles. The smallest absolute Gasteiger partial charge is 0.271 e. The summed E-state index contributed by atoms with van der Waals surface area (Å²) in [5, 5.41) is 14.0. The van der Waals surface area contributed by atoms with E-state index in [1.165, 1.54) is 36.3 Å². The summed E-state index contributed by atoms with van der Waals surface area (Å²) in [5.41, 5.74) is 4.80. The van der Waals surface area contributed by atoms with Crippen LogP contribution in [0.4, 0.5) is 11.4 Å². The largest absolute Gasteiger partial charge is 0.495 e. The van der Waals surface area contributed by atoms with E-state index >= 15 is 0 Å². The molecule has 1 saturated heterocycles. The molecule has 0 bridgehead atoms. The first kappa shape index (κ1) is 24.8. The molecule has 2 aromatic carbocycles. The molecule has 9 nitrogen and oxygen atoms in total. The van der Waals surface area contributed by atoms with Gasteiger partial charge in [-0.25, -0.2) is 0 Å². The molecule has 1 aromatic heterocycles. The van der Waals surface area contributed by atoms with Gasteiger partial charge in [0.1, 0.15) is 11.3 Å². The lowest BCUT2D eigenvalue weighted by Crippen LogP contribution is -2.54. The SMILES string of the molecule is COc1ccc([N+](=O)[O-])cc1-n1c(C)cc(/C=C2\C(=O)NC(=S)N(c3ccc(C)cc3C)C2=O)c1C. The molecule has 0 aliphatic carbocycles. The number of anilines is 1. The predicted octanol–water partition coefficient (Wildman–Crippen LogP) is 4.46. The molecule has 10 heteroatoms. The lowest BCUT2D eigenvalue weighted by molar-refractivity contribution is -0.384. The Morgan fingerprint density at radius 1 is 1.03 bits per heavy atom. The fourth-order valence-electron chi connectivity index (χ4n) is 4.36. The number of aryl methyl sites for hydroxylation is 3. The maximum absolute atomic E-state index is 13.5. The maximum Gasteiger partial charge on any atom is 0.271 e. The first-order valence-electron chi connectivity index (χ1n) is 11.0. The molecule has 4 rings (SSSR count). The Morgan fingerprint density at radius 2 is 1.75 bits per heavy atom. The molecule has 184 valence electrons. The van der Waals surface area contributed by atoms with E-state index in [2.05, 4.69) is 5.32 Å². The standard InChI is InChI=1S/C26H24N4O5S/c1-14-6-8-21(15(2)10-14)29-25(32)20(24(31)27-26(29)36)12-18-11-16(3)28(17(18)4)22-13-19(30(33)34)7-9-23(22)35-5/h6-13H,1-5H3,(H,27,31,36)/b20-12+. The van der Waals surface area contributed by atoms with Crippen molar-refractivity contribution in [2.45, 2.75) is 27.7 Å². The maximum atomic E-state index is 13.5. The molecule has 0 radical (unpaired) electrons. The van der Waals surface area contributed by atoms with Gasteiger partial charge in [0.2, 0.25) is 0 Å². The van der Waals surface area contributed by atoms with Gasteiger partial charge in [0.05, 0.1) is 23.4 Å². The summed E-state index contributed by atoms with van der Waals surface area (Å²) in [6.45, 7) is 7.45. The van der Waals surface area contributed by atoms with Crippen LogP contribution in [0, 0.1) is 37.8 Å². The summed E-state index contributed by atoms with van der Waals surface area (Å²) < 4.78 is 7.22. The van der Waals surface area contributed by atoms with Crippen LogP contribution in [0.2, 0.25) is 0 Å². The average molecular weight is 505 g/mol. The molecule has 0 atom stereocenters. The van der Waals surface area contributed by atoms with Crippen LogP contribution < -0.4 is 15.0 Å². The summed E-state index contributed by atoms with van der Waals surface area (Å²) in [6.07, 6.45) is 1.51. The number of aromatic nitrogens is 1. The van der Waals surface area contributed by atoms with Crippen molar-refractivity contribution in [3.63, 3.8) is 0 Å². The Hall–Kier alpha value is -4.31. The van der Waals surface area contributed by atoms with Crippen LogP contribution in [0.1, 0.15) is 28.1 Å². The zero-order chi connectivity index (χ0) is 26.3. The highest BCUT2D eigenvalue weighted by Gasteiger charge is 2.35. The van der Waals surface area contributed by atoms with E-state index in [9.17, 15) is 19.7 Å². The van der Waals surface area contributed by atoms with Crippen molar-refractivity contribution in [1.82, 2.24) is 9.88 Å². The van der Waals surface area contributed by atoms with Crippen LogP contribution in [-0.2, 0) is 9.59 Å². The molecule has 1 N–H and O–H groups in total. The van der Waals surface area contributed by atoms with Crippen molar-refractivity contribution in [3.8, 4) is 11.4 Å². The highest BCUT2D eigenvalue weighted by atomic mass is 32.1. The van der Waals surface area contributed by atoms with Crippen molar-refractivity contribution in [2.75, 3.05) is 12.0 Å². The van der Waals surface area contributed by atoms with E-state index < -0.39 is 16.7 Å². The molecule has 2 heterocycles. The number of nitrogens with zero attached hydrogens (tertiary/aromatic N) is 3. The third-order valence-corrected chi connectivity index (χ3v) is 6.36.